The highest BCUT2D eigenvalue weighted by molar-refractivity contribution is 5.87. The Bertz CT molecular complexity index is 828. The van der Waals surface area contributed by atoms with E-state index in [-0.39, 0.29) is 17.4 Å². The molecular weight excluding hydrogens is 388 g/mol. The fraction of sp³-hybridized carbons (Fsp3) is 0.519. The number of aryl methyl sites for hydroxylation is 1. The average Bonchev–Trinajstić information content (AvgIpc) is 2.68. The molecule has 0 aliphatic carbocycles. The summed E-state index contributed by atoms with van der Waals surface area (Å²) in [6.07, 6.45) is 11.1. The number of carboxylic acid groups (broad SMARTS) is 1. The number of rotatable bonds is 12. The topological polar surface area (TPSA) is 77.8 Å². The van der Waals surface area contributed by atoms with E-state index >= 15 is 0 Å². The molecule has 0 bridgehead atoms. The van der Waals surface area contributed by atoms with Gasteiger partial charge in [-0.25, -0.2) is 4.79 Å². The monoisotopic (exact) mass is 428 g/mol. The lowest BCUT2D eigenvalue weighted by atomic mass is 9.85. The van der Waals surface area contributed by atoms with E-state index < -0.39 is 5.97 Å². The summed E-state index contributed by atoms with van der Waals surface area (Å²) in [5, 5.41) is 29.4. The van der Waals surface area contributed by atoms with Crippen molar-refractivity contribution < 1.29 is 20.1 Å². The zero-order valence-electron chi connectivity index (χ0n) is 20.0. The van der Waals surface area contributed by atoms with Gasteiger partial charge in [0.15, 0.2) is 0 Å². The molecule has 1 rings (SSSR count). The van der Waals surface area contributed by atoms with Crippen LogP contribution in [0.2, 0.25) is 0 Å². The van der Waals surface area contributed by atoms with Crippen molar-refractivity contribution in [2.75, 3.05) is 0 Å². The molecule has 0 saturated heterocycles. The fourth-order valence-electron chi connectivity index (χ4n) is 3.93. The lowest BCUT2D eigenvalue weighted by Crippen LogP contribution is -2.17. The molecule has 0 saturated carbocycles. The molecule has 0 spiro atoms. The van der Waals surface area contributed by atoms with Gasteiger partial charge in [-0.15, -0.1) is 0 Å². The number of carboxylic acids is 1. The second kappa shape index (κ2) is 13.0. The highest BCUT2D eigenvalue weighted by Gasteiger charge is 2.21. The van der Waals surface area contributed by atoms with Crippen LogP contribution in [-0.4, -0.2) is 21.3 Å². The molecule has 172 valence electrons. The molecule has 1 atom stereocenters. The predicted molar refractivity (Wildman–Crippen MR) is 129 cm³/mol. The first-order chi connectivity index (χ1) is 14.6. The van der Waals surface area contributed by atoms with Crippen LogP contribution >= 0.6 is 0 Å². The first kappa shape index (κ1) is 26.5. The zero-order valence-corrected chi connectivity index (χ0v) is 20.0. The Kier molecular flexibility index (Phi) is 11.2. The average molecular weight is 429 g/mol. The van der Waals surface area contributed by atoms with Gasteiger partial charge in [0, 0.05) is 11.1 Å². The van der Waals surface area contributed by atoms with Crippen LogP contribution in [0, 0.1) is 18.8 Å². The molecule has 0 aliphatic rings. The number of hydrogen-bond donors (Lipinski definition) is 3. The number of aliphatic carboxylic acids is 1. The molecule has 3 N–H and O–H groups in total. The Labute approximate surface area is 188 Å². The van der Waals surface area contributed by atoms with E-state index in [0.717, 1.165) is 37.7 Å². The highest BCUT2D eigenvalue weighted by Crippen LogP contribution is 2.28. The maximum Gasteiger partial charge on any atom is 0.331 e. The van der Waals surface area contributed by atoms with Crippen molar-refractivity contribution in [2.24, 2.45) is 11.8 Å². The summed E-state index contributed by atoms with van der Waals surface area (Å²) in [6, 6.07) is 3.17. The van der Waals surface area contributed by atoms with Crippen LogP contribution in [0.4, 0.5) is 0 Å². The SMILES string of the molecule is CCC(C(=CCCC(C)=CCCC(C)=CCc1cc(O)cc(C)c1O)C(=O)O)C(C)C. The minimum atomic E-state index is -0.795. The number of aromatic hydroxyl groups is 2. The van der Waals surface area contributed by atoms with Gasteiger partial charge in [0.2, 0.25) is 0 Å². The Morgan fingerprint density at radius 1 is 1.00 bits per heavy atom. The van der Waals surface area contributed by atoms with E-state index in [1.54, 1.807) is 19.1 Å². The van der Waals surface area contributed by atoms with Crippen molar-refractivity contribution in [1.29, 1.82) is 0 Å². The molecule has 0 fully saturated rings. The maximum absolute atomic E-state index is 11.6. The van der Waals surface area contributed by atoms with Crippen LogP contribution in [0.1, 0.15) is 77.8 Å². The molecule has 0 aliphatic heterocycles. The Hall–Kier alpha value is -2.49. The van der Waals surface area contributed by atoms with Crippen molar-refractivity contribution in [3.63, 3.8) is 0 Å². The number of allylic oxidation sites excluding steroid dienone is 5. The van der Waals surface area contributed by atoms with Crippen molar-refractivity contribution in [2.45, 2.75) is 80.1 Å². The van der Waals surface area contributed by atoms with Crippen LogP contribution in [0.3, 0.4) is 0 Å². The maximum atomic E-state index is 11.6. The quantitative estimate of drug-likeness (QED) is 0.188. The van der Waals surface area contributed by atoms with E-state index in [1.807, 2.05) is 13.0 Å². The van der Waals surface area contributed by atoms with Crippen LogP contribution in [0.15, 0.2) is 47.1 Å². The molecule has 1 aromatic rings. The van der Waals surface area contributed by atoms with Crippen LogP contribution in [0.25, 0.3) is 0 Å². The van der Waals surface area contributed by atoms with Crippen molar-refractivity contribution in [1.82, 2.24) is 0 Å². The van der Waals surface area contributed by atoms with E-state index in [1.165, 1.54) is 11.1 Å². The third-order valence-electron chi connectivity index (χ3n) is 5.86. The molecule has 0 amide bonds. The molecular formula is C27H40O4. The van der Waals surface area contributed by atoms with Gasteiger partial charge in [0.05, 0.1) is 0 Å². The Morgan fingerprint density at radius 3 is 2.13 bits per heavy atom. The molecule has 4 nitrogen and oxygen atoms in total. The molecule has 1 aromatic carbocycles. The third-order valence-corrected chi connectivity index (χ3v) is 5.86. The fourth-order valence-corrected chi connectivity index (χ4v) is 3.93. The van der Waals surface area contributed by atoms with Gasteiger partial charge in [0.25, 0.3) is 0 Å². The smallest absolute Gasteiger partial charge is 0.331 e. The highest BCUT2D eigenvalue weighted by atomic mass is 16.4. The van der Waals surface area contributed by atoms with Crippen molar-refractivity contribution in [3.05, 3.63) is 58.2 Å². The largest absolute Gasteiger partial charge is 0.508 e. The number of hydrogen-bond acceptors (Lipinski definition) is 3. The first-order valence-corrected chi connectivity index (χ1v) is 11.3. The summed E-state index contributed by atoms with van der Waals surface area (Å²) >= 11 is 0. The van der Waals surface area contributed by atoms with Gasteiger partial charge < -0.3 is 15.3 Å². The molecule has 31 heavy (non-hydrogen) atoms. The molecule has 0 radical (unpaired) electrons. The van der Waals surface area contributed by atoms with Gasteiger partial charge in [-0.1, -0.05) is 50.1 Å². The van der Waals surface area contributed by atoms with Crippen LogP contribution in [0.5, 0.6) is 11.5 Å². The predicted octanol–water partition coefficient (Wildman–Crippen LogP) is 7.09. The lowest BCUT2D eigenvalue weighted by molar-refractivity contribution is -0.133. The second-order valence-corrected chi connectivity index (χ2v) is 8.88. The number of carbonyl (C=O) groups is 1. The number of benzene rings is 1. The van der Waals surface area contributed by atoms with Gasteiger partial charge >= 0.3 is 5.97 Å². The molecule has 4 heteroatoms. The summed E-state index contributed by atoms with van der Waals surface area (Å²) in [4.78, 5) is 11.6. The number of phenolic OH excluding ortho intramolecular Hbond substituents is 2. The summed E-state index contributed by atoms with van der Waals surface area (Å²) in [5.74, 6) is 0.0486. The molecule has 0 aromatic heterocycles. The van der Waals surface area contributed by atoms with E-state index in [4.69, 9.17) is 0 Å². The Balaban J connectivity index is 2.59. The van der Waals surface area contributed by atoms with Gasteiger partial charge in [-0.3, -0.25) is 0 Å². The van der Waals surface area contributed by atoms with E-state index in [2.05, 4.69) is 39.8 Å². The molecule has 1 unspecified atom stereocenters. The van der Waals surface area contributed by atoms with E-state index in [0.29, 0.717) is 23.5 Å². The third kappa shape index (κ3) is 9.04. The van der Waals surface area contributed by atoms with Gasteiger partial charge in [0.1, 0.15) is 11.5 Å². The first-order valence-electron chi connectivity index (χ1n) is 11.3. The minimum Gasteiger partial charge on any atom is -0.508 e. The van der Waals surface area contributed by atoms with E-state index in [9.17, 15) is 20.1 Å². The summed E-state index contributed by atoms with van der Waals surface area (Å²) < 4.78 is 0. The lowest BCUT2D eigenvalue weighted by Gasteiger charge is -2.20. The van der Waals surface area contributed by atoms with Crippen molar-refractivity contribution in [3.8, 4) is 11.5 Å². The van der Waals surface area contributed by atoms with Gasteiger partial charge in [-0.05, 0) is 88.8 Å². The summed E-state index contributed by atoms with van der Waals surface area (Å²) in [7, 11) is 0. The minimum absolute atomic E-state index is 0.101. The van der Waals surface area contributed by atoms with Crippen LogP contribution < -0.4 is 0 Å². The van der Waals surface area contributed by atoms with Crippen LogP contribution in [-0.2, 0) is 11.2 Å². The zero-order chi connectivity index (χ0) is 23.6. The van der Waals surface area contributed by atoms with Crippen molar-refractivity contribution >= 4 is 5.97 Å². The normalized spacial score (nSPS) is 14.2. The molecule has 0 heterocycles. The Morgan fingerprint density at radius 2 is 1.58 bits per heavy atom. The standard InChI is InChI=1S/C27H40O4/c1-7-24(18(2)3)25(27(30)31)13-9-12-19(4)10-8-11-20(5)14-15-22-17-23(28)16-21(6)26(22)29/h10,13-14,16-18,24,28-29H,7-9,11-12,15H2,1-6H3,(H,30,31). The summed E-state index contributed by atoms with van der Waals surface area (Å²) in [5.41, 5.74) is 4.47. The number of phenols is 2. The van der Waals surface area contributed by atoms with Gasteiger partial charge in [-0.2, -0.15) is 0 Å². The second-order valence-electron chi connectivity index (χ2n) is 8.88. The summed E-state index contributed by atoms with van der Waals surface area (Å²) in [6.45, 7) is 12.2.